The summed E-state index contributed by atoms with van der Waals surface area (Å²) >= 11 is 3.25. The first kappa shape index (κ1) is 17.9. The summed E-state index contributed by atoms with van der Waals surface area (Å²) in [6.45, 7) is 2.16. The van der Waals surface area contributed by atoms with Crippen LogP contribution in [-0.2, 0) is 12.2 Å². The average molecular weight is 394 g/mol. The van der Waals surface area contributed by atoms with Crippen molar-refractivity contribution in [1.82, 2.24) is 14.5 Å². The quantitative estimate of drug-likeness (QED) is 0.338. The summed E-state index contributed by atoms with van der Waals surface area (Å²) in [5, 5.41) is 4.59. The first-order valence-corrected chi connectivity index (χ1v) is 10.8. The Morgan fingerprint density at radius 1 is 1.04 bits per heavy atom. The fraction of sp³-hybridized carbons (Fsp3) is 0.190. The molecule has 0 N–H and O–H groups in total. The Hall–Kier alpha value is -2.44. The average Bonchev–Trinajstić information content (AvgIpc) is 3.15. The van der Waals surface area contributed by atoms with Crippen molar-refractivity contribution in [3.63, 3.8) is 0 Å². The lowest BCUT2D eigenvalue weighted by atomic mass is 10.2. The van der Waals surface area contributed by atoms with Crippen LogP contribution in [0.1, 0.15) is 24.0 Å². The maximum Gasteiger partial charge on any atom is 0.266 e. The SMILES string of the molecule is CCCc1nc(CSc2nc3ccccc3c(=O)n2-c2ccccc2)cs1. The molecule has 27 heavy (non-hydrogen) atoms. The number of para-hydroxylation sites is 2. The van der Waals surface area contributed by atoms with E-state index in [2.05, 4.69) is 17.3 Å². The molecule has 4 nitrogen and oxygen atoms in total. The van der Waals surface area contributed by atoms with E-state index in [-0.39, 0.29) is 5.56 Å². The van der Waals surface area contributed by atoms with Crippen LogP contribution in [0.4, 0.5) is 0 Å². The Bertz CT molecular complexity index is 1120. The van der Waals surface area contributed by atoms with Gasteiger partial charge in [-0.3, -0.25) is 9.36 Å². The van der Waals surface area contributed by atoms with Gasteiger partial charge >= 0.3 is 0 Å². The molecule has 0 aliphatic heterocycles. The molecule has 0 atom stereocenters. The zero-order valence-electron chi connectivity index (χ0n) is 15.0. The maximum absolute atomic E-state index is 13.1. The second-order valence-electron chi connectivity index (χ2n) is 6.16. The minimum absolute atomic E-state index is 0.0424. The first-order valence-electron chi connectivity index (χ1n) is 8.89. The van der Waals surface area contributed by atoms with Gasteiger partial charge in [0.05, 0.1) is 27.3 Å². The molecule has 136 valence electrons. The number of benzene rings is 2. The van der Waals surface area contributed by atoms with Crippen LogP contribution in [0, 0.1) is 0 Å². The lowest BCUT2D eigenvalue weighted by Gasteiger charge is -2.12. The van der Waals surface area contributed by atoms with Crippen molar-refractivity contribution in [1.29, 1.82) is 0 Å². The van der Waals surface area contributed by atoms with Crippen molar-refractivity contribution in [3.05, 3.63) is 81.0 Å². The zero-order valence-corrected chi connectivity index (χ0v) is 16.6. The molecule has 2 aromatic heterocycles. The van der Waals surface area contributed by atoms with Gasteiger partial charge in [0, 0.05) is 11.1 Å². The minimum atomic E-state index is -0.0424. The van der Waals surface area contributed by atoms with E-state index in [0.29, 0.717) is 16.3 Å². The van der Waals surface area contributed by atoms with Crippen LogP contribution in [0.2, 0.25) is 0 Å². The van der Waals surface area contributed by atoms with E-state index in [1.165, 1.54) is 5.01 Å². The van der Waals surface area contributed by atoms with Crippen LogP contribution in [-0.4, -0.2) is 14.5 Å². The molecule has 0 amide bonds. The number of thiazole rings is 1. The van der Waals surface area contributed by atoms with Crippen LogP contribution in [0.5, 0.6) is 0 Å². The third kappa shape index (κ3) is 3.82. The predicted octanol–water partition coefficient (Wildman–Crippen LogP) is 5.09. The number of rotatable bonds is 6. The molecular weight excluding hydrogens is 374 g/mol. The highest BCUT2D eigenvalue weighted by molar-refractivity contribution is 7.98. The molecule has 0 saturated heterocycles. The largest absolute Gasteiger partial charge is 0.268 e. The predicted molar refractivity (Wildman–Crippen MR) is 113 cm³/mol. The number of fused-ring (bicyclic) bond motifs is 1. The molecule has 0 aliphatic rings. The van der Waals surface area contributed by atoms with E-state index in [4.69, 9.17) is 4.98 Å². The number of hydrogen-bond acceptors (Lipinski definition) is 5. The van der Waals surface area contributed by atoms with Crippen LogP contribution >= 0.6 is 23.1 Å². The number of thioether (sulfide) groups is 1. The summed E-state index contributed by atoms with van der Waals surface area (Å²) in [6, 6.07) is 17.2. The zero-order chi connectivity index (χ0) is 18.6. The van der Waals surface area contributed by atoms with Gasteiger partial charge in [0.1, 0.15) is 0 Å². The van der Waals surface area contributed by atoms with E-state index in [1.54, 1.807) is 27.7 Å². The molecule has 0 radical (unpaired) electrons. The lowest BCUT2D eigenvalue weighted by Crippen LogP contribution is -2.21. The second kappa shape index (κ2) is 8.06. The summed E-state index contributed by atoms with van der Waals surface area (Å²) in [6.07, 6.45) is 2.11. The van der Waals surface area contributed by atoms with Crippen LogP contribution in [0.3, 0.4) is 0 Å². The van der Waals surface area contributed by atoms with Crippen LogP contribution in [0.25, 0.3) is 16.6 Å². The number of nitrogens with zero attached hydrogens (tertiary/aromatic N) is 3. The third-order valence-electron chi connectivity index (χ3n) is 4.17. The Labute approximate surface area is 165 Å². The van der Waals surface area contributed by atoms with Gasteiger partial charge in [-0.05, 0) is 37.1 Å². The Morgan fingerprint density at radius 2 is 1.81 bits per heavy atom. The van der Waals surface area contributed by atoms with E-state index < -0.39 is 0 Å². The smallest absolute Gasteiger partial charge is 0.266 e. The fourth-order valence-electron chi connectivity index (χ4n) is 2.90. The molecule has 0 fully saturated rings. The highest BCUT2D eigenvalue weighted by atomic mass is 32.2. The summed E-state index contributed by atoms with van der Waals surface area (Å²) in [5.41, 5.74) is 2.55. The van der Waals surface area contributed by atoms with Gasteiger partial charge in [0.25, 0.3) is 5.56 Å². The van der Waals surface area contributed by atoms with E-state index in [1.807, 2.05) is 54.6 Å². The van der Waals surface area contributed by atoms with Crippen molar-refractivity contribution >= 4 is 34.0 Å². The second-order valence-corrected chi connectivity index (χ2v) is 8.04. The molecule has 0 bridgehead atoms. The Balaban J connectivity index is 1.75. The standard InChI is InChI=1S/C21H19N3OS2/c1-2-8-19-22-15(13-26-19)14-27-21-23-18-12-7-6-11-17(18)20(25)24(21)16-9-4-3-5-10-16/h3-7,9-13H,2,8,14H2,1H3. The van der Waals surface area contributed by atoms with Crippen molar-refractivity contribution < 1.29 is 0 Å². The highest BCUT2D eigenvalue weighted by Crippen LogP contribution is 2.25. The number of hydrogen-bond donors (Lipinski definition) is 0. The summed E-state index contributed by atoms with van der Waals surface area (Å²) in [4.78, 5) is 22.6. The Morgan fingerprint density at radius 3 is 2.63 bits per heavy atom. The molecule has 0 saturated carbocycles. The Kier molecular flexibility index (Phi) is 5.36. The first-order chi connectivity index (χ1) is 13.3. The van der Waals surface area contributed by atoms with Gasteiger partial charge in [-0.2, -0.15) is 0 Å². The van der Waals surface area contributed by atoms with Gasteiger partial charge in [0.2, 0.25) is 0 Å². The minimum Gasteiger partial charge on any atom is -0.268 e. The van der Waals surface area contributed by atoms with Gasteiger partial charge in [-0.15, -0.1) is 11.3 Å². The van der Waals surface area contributed by atoms with Crippen molar-refractivity contribution in [2.45, 2.75) is 30.7 Å². The molecule has 4 rings (SSSR count). The molecule has 2 aromatic carbocycles. The van der Waals surface area contributed by atoms with Gasteiger partial charge in [-0.25, -0.2) is 9.97 Å². The van der Waals surface area contributed by atoms with E-state index in [9.17, 15) is 4.79 Å². The molecule has 4 aromatic rings. The van der Waals surface area contributed by atoms with E-state index >= 15 is 0 Å². The normalized spacial score (nSPS) is 11.1. The van der Waals surface area contributed by atoms with Gasteiger partial charge in [0.15, 0.2) is 5.16 Å². The van der Waals surface area contributed by atoms with E-state index in [0.717, 1.165) is 29.7 Å². The summed E-state index contributed by atoms with van der Waals surface area (Å²) < 4.78 is 1.70. The molecular formula is C21H19N3OS2. The van der Waals surface area contributed by atoms with Gasteiger partial charge in [-0.1, -0.05) is 49.0 Å². The number of aromatic nitrogens is 3. The molecule has 0 aliphatic carbocycles. The van der Waals surface area contributed by atoms with Gasteiger partial charge < -0.3 is 0 Å². The monoisotopic (exact) mass is 393 g/mol. The van der Waals surface area contributed by atoms with Crippen molar-refractivity contribution in [3.8, 4) is 5.69 Å². The summed E-state index contributed by atoms with van der Waals surface area (Å²) in [5.74, 6) is 0.692. The molecule has 6 heteroatoms. The topological polar surface area (TPSA) is 47.8 Å². The molecule has 2 heterocycles. The third-order valence-corrected chi connectivity index (χ3v) is 6.10. The molecule has 0 unspecified atom stereocenters. The highest BCUT2D eigenvalue weighted by Gasteiger charge is 2.14. The van der Waals surface area contributed by atoms with Crippen molar-refractivity contribution in [2.24, 2.45) is 0 Å². The molecule has 0 spiro atoms. The summed E-state index contributed by atoms with van der Waals surface area (Å²) in [7, 11) is 0. The van der Waals surface area contributed by atoms with Crippen LogP contribution < -0.4 is 5.56 Å². The lowest BCUT2D eigenvalue weighted by molar-refractivity contribution is 0.819. The fourth-order valence-corrected chi connectivity index (χ4v) is 4.81. The van der Waals surface area contributed by atoms with Crippen molar-refractivity contribution in [2.75, 3.05) is 0 Å². The van der Waals surface area contributed by atoms with Crippen LogP contribution in [0.15, 0.2) is 69.9 Å². The number of aryl methyl sites for hydroxylation is 1. The maximum atomic E-state index is 13.1.